The van der Waals surface area contributed by atoms with E-state index in [0.29, 0.717) is 38.1 Å². The zero-order valence-corrected chi connectivity index (χ0v) is 18.6. The molecule has 4 aliphatic rings. The lowest BCUT2D eigenvalue weighted by atomic mass is 9.85. The molecule has 0 aromatic heterocycles. The number of guanidine groups is 1. The molecule has 4 unspecified atom stereocenters. The molecule has 172 valence electrons. The number of ether oxygens (including phenoxy) is 2. The molecule has 2 N–H and O–H groups in total. The molecule has 4 atom stereocenters. The van der Waals surface area contributed by atoms with E-state index >= 15 is 0 Å². The number of nitrogens with zero attached hydrogens (tertiary/aromatic N) is 2. The van der Waals surface area contributed by atoms with E-state index in [-0.39, 0.29) is 35.5 Å². The van der Waals surface area contributed by atoms with Crippen LogP contribution in [0, 0.1) is 29.6 Å². The van der Waals surface area contributed by atoms with E-state index in [2.05, 4.69) is 27.8 Å². The van der Waals surface area contributed by atoms with Gasteiger partial charge in [-0.2, -0.15) is 0 Å². The van der Waals surface area contributed by atoms with Crippen molar-refractivity contribution in [2.45, 2.75) is 32.6 Å². The first-order valence-corrected chi connectivity index (χ1v) is 11.9. The Morgan fingerprint density at radius 3 is 2.55 bits per heavy atom. The van der Waals surface area contributed by atoms with E-state index in [1.54, 1.807) is 0 Å². The molecule has 2 heterocycles. The van der Waals surface area contributed by atoms with Gasteiger partial charge in [-0.25, -0.2) is 0 Å². The van der Waals surface area contributed by atoms with Gasteiger partial charge in [0.1, 0.15) is 0 Å². The minimum Gasteiger partial charge on any atom is -0.381 e. The zero-order chi connectivity index (χ0) is 21.6. The second-order valence-electron chi connectivity index (χ2n) is 9.00. The van der Waals surface area contributed by atoms with Crippen molar-refractivity contribution >= 4 is 17.8 Å². The predicted octanol–water partition coefficient (Wildman–Crippen LogP) is 1.18. The quantitative estimate of drug-likeness (QED) is 0.177. The van der Waals surface area contributed by atoms with Crippen molar-refractivity contribution in [1.82, 2.24) is 15.5 Å². The average Bonchev–Trinajstić information content (AvgIpc) is 3.46. The molecule has 8 heteroatoms. The van der Waals surface area contributed by atoms with E-state index < -0.39 is 0 Å². The second-order valence-corrected chi connectivity index (χ2v) is 9.00. The van der Waals surface area contributed by atoms with Gasteiger partial charge in [0.2, 0.25) is 11.8 Å². The maximum absolute atomic E-state index is 12.8. The van der Waals surface area contributed by atoms with Gasteiger partial charge in [-0.1, -0.05) is 12.2 Å². The minimum absolute atomic E-state index is 0.0114. The highest BCUT2D eigenvalue weighted by molar-refractivity contribution is 6.06. The molecule has 0 aromatic rings. The van der Waals surface area contributed by atoms with Gasteiger partial charge in [-0.15, -0.1) is 0 Å². The normalized spacial score (nSPS) is 30.4. The summed E-state index contributed by atoms with van der Waals surface area (Å²) in [5.41, 5.74) is 0. The summed E-state index contributed by atoms with van der Waals surface area (Å²) < 4.78 is 11.2. The van der Waals surface area contributed by atoms with Crippen molar-refractivity contribution in [3.05, 3.63) is 12.2 Å². The maximum atomic E-state index is 12.8. The molecule has 2 aliphatic heterocycles. The summed E-state index contributed by atoms with van der Waals surface area (Å²) in [5, 5.41) is 6.48. The Morgan fingerprint density at radius 2 is 1.87 bits per heavy atom. The molecule has 0 aromatic carbocycles. The van der Waals surface area contributed by atoms with Crippen molar-refractivity contribution < 1.29 is 19.1 Å². The average molecular weight is 433 g/mol. The molecule has 2 saturated heterocycles. The number of imide groups is 1. The van der Waals surface area contributed by atoms with E-state index in [0.717, 1.165) is 52.0 Å². The van der Waals surface area contributed by atoms with E-state index in [9.17, 15) is 9.59 Å². The smallest absolute Gasteiger partial charge is 0.233 e. The molecule has 31 heavy (non-hydrogen) atoms. The highest BCUT2D eigenvalue weighted by atomic mass is 16.5. The first-order valence-electron chi connectivity index (χ1n) is 11.9. The van der Waals surface area contributed by atoms with E-state index in [4.69, 9.17) is 9.47 Å². The van der Waals surface area contributed by atoms with Gasteiger partial charge in [0.25, 0.3) is 0 Å². The first kappa shape index (κ1) is 22.3. The first-order chi connectivity index (χ1) is 15.2. The van der Waals surface area contributed by atoms with Gasteiger partial charge in [0, 0.05) is 52.6 Å². The van der Waals surface area contributed by atoms with Crippen LogP contribution in [-0.2, 0) is 19.1 Å². The summed E-state index contributed by atoms with van der Waals surface area (Å²) in [6, 6.07) is 0. The summed E-state index contributed by atoms with van der Waals surface area (Å²) in [6.07, 6.45) is 8.27. The Bertz CT molecular complexity index is 674. The second kappa shape index (κ2) is 10.6. The molecule has 3 fully saturated rings. The van der Waals surface area contributed by atoms with E-state index in [1.807, 2.05) is 6.92 Å². The fourth-order valence-corrected chi connectivity index (χ4v) is 5.33. The van der Waals surface area contributed by atoms with Crippen LogP contribution in [0.15, 0.2) is 17.1 Å². The standard InChI is InChI=1S/C23H36N4O4/c1-2-24-23(25-8-3-11-31-15-16-6-12-30-13-7-16)26-9-10-27-21(28)19-17-4-5-18(14-17)20(19)22(27)29/h4-5,16-20H,2-3,6-15H2,1H3,(H2,24,25,26). The van der Waals surface area contributed by atoms with Crippen molar-refractivity contribution in [1.29, 1.82) is 0 Å². The van der Waals surface area contributed by atoms with Crippen LogP contribution in [-0.4, -0.2) is 75.3 Å². The fourth-order valence-electron chi connectivity index (χ4n) is 5.33. The van der Waals surface area contributed by atoms with Gasteiger partial charge in [-0.3, -0.25) is 19.5 Å². The van der Waals surface area contributed by atoms with Crippen molar-refractivity contribution in [2.24, 2.45) is 34.6 Å². The third kappa shape index (κ3) is 5.12. The number of amides is 2. The number of hydrogen-bond acceptors (Lipinski definition) is 5. The number of rotatable bonds is 10. The summed E-state index contributed by atoms with van der Waals surface area (Å²) in [7, 11) is 0. The topological polar surface area (TPSA) is 92.3 Å². The van der Waals surface area contributed by atoms with E-state index in [1.165, 1.54) is 4.90 Å². The van der Waals surface area contributed by atoms with Crippen LogP contribution in [0.3, 0.4) is 0 Å². The summed E-state index contributed by atoms with van der Waals surface area (Å²) in [6.45, 7) is 7.56. The summed E-state index contributed by atoms with van der Waals surface area (Å²) in [4.78, 5) is 31.6. The lowest BCUT2D eigenvalue weighted by Gasteiger charge is -2.21. The molecule has 2 aliphatic carbocycles. The maximum Gasteiger partial charge on any atom is 0.233 e. The van der Waals surface area contributed by atoms with Gasteiger partial charge in [0.05, 0.1) is 11.8 Å². The number of carbonyl (C=O) groups is 2. The number of aliphatic imine (C=N–C) groups is 1. The minimum atomic E-state index is -0.120. The predicted molar refractivity (Wildman–Crippen MR) is 117 cm³/mol. The van der Waals surface area contributed by atoms with Crippen LogP contribution in [0.4, 0.5) is 0 Å². The van der Waals surface area contributed by atoms with Gasteiger partial charge < -0.3 is 20.1 Å². The van der Waals surface area contributed by atoms with Crippen LogP contribution in [0.5, 0.6) is 0 Å². The van der Waals surface area contributed by atoms with Crippen molar-refractivity contribution in [2.75, 3.05) is 52.6 Å². The van der Waals surface area contributed by atoms with Crippen LogP contribution in [0.2, 0.25) is 0 Å². The largest absolute Gasteiger partial charge is 0.381 e. The molecule has 0 spiro atoms. The van der Waals surface area contributed by atoms with Crippen LogP contribution in [0.25, 0.3) is 0 Å². The monoisotopic (exact) mass is 432 g/mol. The highest BCUT2D eigenvalue weighted by Gasteiger charge is 2.58. The van der Waals surface area contributed by atoms with Crippen LogP contribution >= 0.6 is 0 Å². The Balaban J connectivity index is 1.15. The third-order valence-corrected chi connectivity index (χ3v) is 6.94. The Hall–Kier alpha value is -1.93. The number of allylic oxidation sites excluding steroid dienone is 2. The summed E-state index contributed by atoms with van der Waals surface area (Å²) in [5.74, 6) is 1.64. The number of fused-ring (bicyclic) bond motifs is 5. The van der Waals surface area contributed by atoms with Gasteiger partial charge >= 0.3 is 0 Å². The molecular formula is C23H36N4O4. The molecule has 4 rings (SSSR count). The van der Waals surface area contributed by atoms with Crippen LogP contribution in [0.1, 0.15) is 32.6 Å². The number of carbonyl (C=O) groups excluding carboxylic acids is 2. The Kier molecular flexibility index (Phi) is 7.61. The molecule has 2 bridgehead atoms. The Morgan fingerprint density at radius 1 is 1.16 bits per heavy atom. The lowest BCUT2D eigenvalue weighted by molar-refractivity contribution is -0.140. The molecule has 8 nitrogen and oxygen atoms in total. The van der Waals surface area contributed by atoms with Crippen molar-refractivity contribution in [3.8, 4) is 0 Å². The highest BCUT2D eigenvalue weighted by Crippen LogP contribution is 2.52. The number of likely N-dealkylation sites (tertiary alicyclic amines) is 1. The summed E-state index contributed by atoms with van der Waals surface area (Å²) >= 11 is 0. The number of hydrogen-bond donors (Lipinski definition) is 2. The molecular weight excluding hydrogens is 396 g/mol. The molecule has 1 saturated carbocycles. The number of nitrogens with one attached hydrogen (secondary N) is 2. The molecule has 0 radical (unpaired) electrons. The van der Waals surface area contributed by atoms with Gasteiger partial charge in [-0.05, 0) is 50.4 Å². The van der Waals surface area contributed by atoms with Crippen molar-refractivity contribution in [3.63, 3.8) is 0 Å². The SMILES string of the molecule is CCNC(=NCCCOCC1CCOCC1)NCCN1C(=O)C2C3C=CC(C3)C2C1=O. The lowest BCUT2D eigenvalue weighted by Crippen LogP contribution is -2.43. The zero-order valence-electron chi connectivity index (χ0n) is 18.6. The Labute approximate surface area is 184 Å². The van der Waals surface area contributed by atoms with Gasteiger partial charge in [0.15, 0.2) is 5.96 Å². The molecule has 2 amide bonds. The third-order valence-electron chi connectivity index (χ3n) is 6.94. The van der Waals surface area contributed by atoms with Crippen LogP contribution < -0.4 is 10.6 Å². The fraction of sp³-hybridized carbons (Fsp3) is 0.783.